The molecule has 1 aliphatic rings. The van der Waals surface area contributed by atoms with Crippen molar-refractivity contribution in [3.63, 3.8) is 0 Å². The summed E-state index contributed by atoms with van der Waals surface area (Å²) in [6.07, 6.45) is 8.05. The zero-order valence-electron chi connectivity index (χ0n) is 7.34. The van der Waals surface area contributed by atoms with Crippen LogP contribution in [-0.4, -0.2) is 0 Å². The largest absolute Gasteiger partial charge is 2.00 e. The second kappa shape index (κ2) is 7.97. The molecule has 2 rings (SSSR count). The van der Waals surface area contributed by atoms with Crippen molar-refractivity contribution in [1.82, 2.24) is 0 Å². The Morgan fingerprint density at radius 1 is 1.29 bits per heavy atom. The minimum Gasteiger partial charge on any atom is -0.877 e. The van der Waals surface area contributed by atoms with Crippen LogP contribution >= 0.6 is 22.6 Å². The summed E-state index contributed by atoms with van der Waals surface area (Å²) in [5.74, 6) is 0. The summed E-state index contributed by atoms with van der Waals surface area (Å²) in [5, 5.41) is 9.87. The molecule has 1 aromatic rings. The van der Waals surface area contributed by atoms with Gasteiger partial charge in [-0.3, -0.25) is 0 Å². The fourth-order valence-corrected chi connectivity index (χ4v) is 1.23. The van der Waals surface area contributed by atoms with Gasteiger partial charge in [0.2, 0.25) is 0 Å². The second-order valence-corrected chi connectivity index (χ2v) is 3.68. The van der Waals surface area contributed by atoms with Crippen molar-refractivity contribution in [2.24, 2.45) is 0 Å². The number of hydrogen-bond acceptors (Lipinski definition) is 1. The summed E-state index contributed by atoms with van der Waals surface area (Å²) in [5.41, 5.74) is 0.750. The van der Waals surface area contributed by atoms with Crippen molar-refractivity contribution in [2.75, 3.05) is 0 Å². The van der Waals surface area contributed by atoms with E-state index in [-0.39, 0.29) is 17.1 Å². The molecule has 0 aromatic heterocycles. The van der Waals surface area contributed by atoms with Crippen molar-refractivity contribution in [1.29, 1.82) is 0 Å². The Kier molecular flexibility index (Phi) is 7.76. The van der Waals surface area contributed by atoms with Gasteiger partial charge in [-0.1, -0.05) is 46.9 Å². The van der Waals surface area contributed by atoms with Crippen molar-refractivity contribution < 1.29 is 22.2 Å². The van der Waals surface area contributed by atoms with E-state index in [1.54, 1.807) is 12.2 Å². The first-order valence-electron chi connectivity index (χ1n) is 3.87. The first kappa shape index (κ1) is 13.6. The zero-order valence-corrected chi connectivity index (χ0v) is 10.6. The molecule has 0 fully saturated rings. The van der Waals surface area contributed by atoms with Crippen LogP contribution in [0.2, 0.25) is 0 Å². The molecule has 0 amide bonds. The molecule has 0 saturated heterocycles. The standard InChI is InChI=1S/C6H6O.C5H4I.Fe/c7-5-6-3-1-2-4-6;6-5-3-1-2-4-5;/h1-5,7H;1-4H;/q;-1;+2/p-1. The summed E-state index contributed by atoms with van der Waals surface area (Å²) in [6.45, 7) is 0. The molecule has 0 saturated carbocycles. The predicted octanol–water partition coefficient (Wildman–Crippen LogP) is 2.36. The van der Waals surface area contributed by atoms with E-state index in [0.29, 0.717) is 0 Å². The van der Waals surface area contributed by atoms with E-state index < -0.39 is 0 Å². The molecule has 1 nitrogen and oxygen atoms in total. The summed E-state index contributed by atoms with van der Waals surface area (Å²) < 4.78 is 1.31. The first-order chi connectivity index (χ1) is 6.33. The van der Waals surface area contributed by atoms with Crippen molar-refractivity contribution in [3.8, 4) is 0 Å². The Balaban J connectivity index is 0.000000227. The number of allylic oxidation sites excluding steroid dienone is 5. The molecule has 3 heteroatoms. The van der Waals surface area contributed by atoms with Crippen molar-refractivity contribution >= 4 is 22.6 Å². The zero-order chi connectivity index (χ0) is 9.52. The van der Waals surface area contributed by atoms with E-state index in [2.05, 4.69) is 34.7 Å². The third kappa shape index (κ3) is 5.37. The Labute approximate surface area is 108 Å². The van der Waals surface area contributed by atoms with Gasteiger partial charge < -0.3 is 5.11 Å². The normalized spacial score (nSPS) is 11.6. The molecule has 0 unspecified atom stereocenters. The van der Waals surface area contributed by atoms with Crippen LogP contribution in [0.3, 0.4) is 0 Å². The van der Waals surface area contributed by atoms with E-state index in [4.69, 9.17) is 0 Å². The van der Waals surface area contributed by atoms with Gasteiger partial charge in [-0.2, -0.15) is 12.1 Å². The average molecular weight is 340 g/mol. The monoisotopic (exact) mass is 340 g/mol. The van der Waals surface area contributed by atoms with E-state index in [9.17, 15) is 5.11 Å². The summed E-state index contributed by atoms with van der Waals surface area (Å²) >= 11 is 2.28. The van der Waals surface area contributed by atoms with Gasteiger partial charge in [0.25, 0.3) is 0 Å². The maximum Gasteiger partial charge on any atom is 2.00 e. The Hall–Kier alpha value is -0.381. The molecule has 1 aliphatic carbocycles. The molecule has 0 bridgehead atoms. The molecular formula is C11H9FeIO. The van der Waals surface area contributed by atoms with Crippen LogP contribution in [0.4, 0.5) is 0 Å². The number of rotatable bonds is 0. The molecule has 0 radical (unpaired) electrons. The van der Waals surface area contributed by atoms with Crippen LogP contribution < -0.4 is 5.11 Å². The molecular weight excluding hydrogens is 331 g/mol. The Morgan fingerprint density at radius 2 is 1.93 bits per heavy atom. The van der Waals surface area contributed by atoms with Gasteiger partial charge in [-0.25, -0.2) is 12.1 Å². The molecule has 0 aliphatic heterocycles. The fraction of sp³-hybridized carbons (Fsp3) is 0. The van der Waals surface area contributed by atoms with Crippen LogP contribution in [0.1, 0.15) is 0 Å². The molecule has 14 heavy (non-hydrogen) atoms. The van der Waals surface area contributed by atoms with Gasteiger partial charge >= 0.3 is 17.1 Å². The summed E-state index contributed by atoms with van der Waals surface area (Å²) in [6, 6.07) is 8.20. The molecule has 0 atom stereocenters. The van der Waals surface area contributed by atoms with E-state index in [1.807, 2.05) is 24.3 Å². The smallest absolute Gasteiger partial charge is 0.877 e. The van der Waals surface area contributed by atoms with Gasteiger partial charge in [-0.15, -0.1) is 9.83 Å². The van der Waals surface area contributed by atoms with Gasteiger partial charge in [0.05, 0.1) is 0 Å². The summed E-state index contributed by atoms with van der Waals surface area (Å²) in [7, 11) is 0. The minimum atomic E-state index is 0. The molecule has 0 spiro atoms. The minimum absolute atomic E-state index is 0. The Bertz CT molecular complexity index is 309. The average Bonchev–Trinajstić information content (AvgIpc) is 2.76. The molecule has 0 N–H and O–H groups in total. The van der Waals surface area contributed by atoms with Crippen molar-refractivity contribution in [2.45, 2.75) is 0 Å². The fourth-order valence-electron chi connectivity index (χ4n) is 0.818. The van der Waals surface area contributed by atoms with Crippen molar-refractivity contribution in [3.05, 3.63) is 64.0 Å². The SMILES string of the molecule is Ic1ccc[cH-]1.[Fe+2].[O-]C=C1C=CC=C1. The predicted molar refractivity (Wildman–Crippen MR) is 61.1 cm³/mol. The van der Waals surface area contributed by atoms with Crippen LogP contribution in [0, 0.1) is 3.57 Å². The van der Waals surface area contributed by atoms with Gasteiger partial charge in [-0.05, 0) is 5.57 Å². The summed E-state index contributed by atoms with van der Waals surface area (Å²) in [4.78, 5) is 0. The van der Waals surface area contributed by atoms with Crippen LogP contribution in [-0.2, 0) is 17.1 Å². The molecule has 0 heterocycles. The van der Waals surface area contributed by atoms with E-state index >= 15 is 0 Å². The Morgan fingerprint density at radius 3 is 2.14 bits per heavy atom. The third-order valence-electron chi connectivity index (χ3n) is 1.45. The van der Waals surface area contributed by atoms with Gasteiger partial charge in [0.1, 0.15) is 0 Å². The number of halogens is 1. The van der Waals surface area contributed by atoms with E-state index in [1.165, 1.54) is 3.57 Å². The molecule has 1 aromatic carbocycles. The van der Waals surface area contributed by atoms with Crippen LogP contribution in [0.5, 0.6) is 0 Å². The van der Waals surface area contributed by atoms with Crippen LogP contribution in [0.15, 0.2) is 60.4 Å². The molecule has 74 valence electrons. The van der Waals surface area contributed by atoms with Crippen LogP contribution in [0.25, 0.3) is 0 Å². The first-order valence-corrected chi connectivity index (χ1v) is 4.95. The van der Waals surface area contributed by atoms with Gasteiger partial charge in [0.15, 0.2) is 0 Å². The van der Waals surface area contributed by atoms with Gasteiger partial charge in [0, 0.05) is 0 Å². The third-order valence-corrected chi connectivity index (χ3v) is 2.17. The number of hydrogen-bond donors (Lipinski definition) is 0. The maximum absolute atomic E-state index is 9.87. The maximum atomic E-state index is 9.87. The topological polar surface area (TPSA) is 23.1 Å². The van der Waals surface area contributed by atoms with E-state index in [0.717, 1.165) is 11.8 Å². The quantitative estimate of drug-likeness (QED) is 0.308. The second-order valence-electron chi connectivity index (χ2n) is 2.44.